The lowest BCUT2D eigenvalue weighted by atomic mass is 9.69. The lowest BCUT2D eigenvalue weighted by molar-refractivity contribution is -0.160. The smallest absolute Gasteiger partial charge is 0.310 e. The van der Waals surface area contributed by atoms with Gasteiger partial charge in [0.1, 0.15) is 11.7 Å². The van der Waals surface area contributed by atoms with E-state index in [-0.39, 0.29) is 29.9 Å². The highest BCUT2D eigenvalue weighted by Crippen LogP contribution is 2.48. The maximum Gasteiger partial charge on any atom is 0.310 e. The summed E-state index contributed by atoms with van der Waals surface area (Å²) in [6, 6.07) is 0. The Hall–Kier alpha value is -1.50. The Kier molecular flexibility index (Phi) is 3.58. The molecule has 2 fully saturated rings. The summed E-state index contributed by atoms with van der Waals surface area (Å²) in [5, 5.41) is 0. The molecule has 0 radical (unpaired) electrons. The van der Waals surface area contributed by atoms with Crippen LogP contribution in [0.2, 0.25) is 0 Å². The van der Waals surface area contributed by atoms with Crippen LogP contribution < -0.4 is 0 Å². The first kappa shape index (κ1) is 13.9. The Morgan fingerprint density at radius 1 is 1.63 bits per heavy atom. The molecule has 0 aromatic rings. The van der Waals surface area contributed by atoms with E-state index in [0.29, 0.717) is 19.3 Å². The number of terminal acetylenes is 1. The molecule has 5 atom stereocenters. The third-order valence-corrected chi connectivity index (χ3v) is 4.10. The normalized spacial score (nSPS) is 38.2. The minimum atomic E-state index is -0.400. The molecule has 2 aliphatic rings. The van der Waals surface area contributed by atoms with Crippen LogP contribution in [0, 0.1) is 30.1 Å². The number of carbonyl (C=O) groups is 2. The molecule has 0 aromatic heterocycles. The molecular formula is C15H20O4. The molecule has 1 heterocycles. The number of rotatable bonds is 3. The first-order valence-corrected chi connectivity index (χ1v) is 6.73. The summed E-state index contributed by atoms with van der Waals surface area (Å²) in [6.07, 6.45) is 6.59. The van der Waals surface area contributed by atoms with Crippen molar-refractivity contribution in [1.82, 2.24) is 0 Å². The highest BCUT2D eigenvalue weighted by Gasteiger charge is 2.56. The standard InChI is InChI=1S/C15H20O4/c1-5-6-10(3)18-14(17)12-9(2)7-15(4)8-11(12)13(16)19-15/h1,9-12H,6-8H2,2-4H3/t9-,10+,11+,12+,15+/m0/s1. The lowest BCUT2D eigenvalue weighted by Gasteiger charge is -2.35. The van der Waals surface area contributed by atoms with Crippen molar-refractivity contribution in [3.8, 4) is 12.3 Å². The van der Waals surface area contributed by atoms with Gasteiger partial charge < -0.3 is 9.47 Å². The van der Waals surface area contributed by atoms with Crippen LogP contribution in [0.4, 0.5) is 0 Å². The number of hydrogen-bond donors (Lipinski definition) is 0. The van der Waals surface area contributed by atoms with Gasteiger partial charge in [0.15, 0.2) is 0 Å². The van der Waals surface area contributed by atoms with Crippen LogP contribution in [0.1, 0.15) is 40.0 Å². The van der Waals surface area contributed by atoms with Crippen molar-refractivity contribution in [2.75, 3.05) is 0 Å². The summed E-state index contributed by atoms with van der Waals surface area (Å²) in [5.74, 6) is 1.21. The van der Waals surface area contributed by atoms with Gasteiger partial charge in [-0.15, -0.1) is 12.3 Å². The van der Waals surface area contributed by atoms with E-state index in [0.717, 1.165) is 0 Å². The minimum absolute atomic E-state index is 0.0840. The summed E-state index contributed by atoms with van der Waals surface area (Å²) in [7, 11) is 0. The van der Waals surface area contributed by atoms with Gasteiger partial charge in [0, 0.05) is 12.8 Å². The van der Waals surface area contributed by atoms with Gasteiger partial charge in [0.2, 0.25) is 0 Å². The summed E-state index contributed by atoms with van der Waals surface area (Å²) < 4.78 is 10.7. The van der Waals surface area contributed by atoms with Crippen molar-refractivity contribution in [2.24, 2.45) is 17.8 Å². The Morgan fingerprint density at radius 2 is 2.32 bits per heavy atom. The Bertz CT molecular complexity index is 436. The molecule has 2 bridgehead atoms. The first-order valence-electron chi connectivity index (χ1n) is 6.73. The topological polar surface area (TPSA) is 52.6 Å². The number of carbonyl (C=O) groups excluding carboxylic acids is 2. The fourth-order valence-corrected chi connectivity index (χ4v) is 3.39. The van der Waals surface area contributed by atoms with Crippen molar-refractivity contribution >= 4 is 11.9 Å². The van der Waals surface area contributed by atoms with Crippen molar-refractivity contribution in [3.63, 3.8) is 0 Å². The fraction of sp³-hybridized carbons (Fsp3) is 0.733. The van der Waals surface area contributed by atoms with E-state index in [4.69, 9.17) is 15.9 Å². The van der Waals surface area contributed by atoms with Gasteiger partial charge >= 0.3 is 11.9 Å². The molecule has 104 valence electrons. The average Bonchev–Trinajstić information content (AvgIpc) is 2.49. The number of hydrogen-bond acceptors (Lipinski definition) is 4. The van der Waals surface area contributed by atoms with E-state index in [2.05, 4.69) is 5.92 Å². The van der Waals surface area contributed by atoms with Gasteiger partial charge in [-0.2, -0.15) is 0 Å². The predicted octanol–water partition coefficient (Wildman–Crippen LogP) is 1.92. The Balaban J connectivity index is 2.09. The molecule has 1 aliphatic heterocycles. The molecule has 19 heavy (non-hydrogen) atoms. The van der Waals surface area contributed by atoms with Crippen molar-refractivity contribution < 1.29 is 19.1 Å². The second kappa shape index (κ2) is 4.88. The zero-order chi connectivity index (χ0) is 14.2. The molecule has 0 aromatic carbocycles. The lowest BCUT2D eigenvalue weighted by Crippen LogP contribution is -2.41. The highest BCUT2D eigenvalue weighted by atomic mass is 16.6. The van der Waals surface area contributed by atoms with Gasteiger partial charge in [-0.05, 0) is 26.2 Å². The molecule has 0 amide bonds. The summed E-state index contributed by atoms with van der Waals surface area (Å²) in [6.45, 7) is 5.68. The summed E-state index contributed by atoms with van der Waals surface area (Å²) in [5.41, 5.74) is -0.400. The van der Waals surface area contributed by atoms with E-state index in [9.17, 15) is 9.59 Å². The average molecular weight is 264 g/mol. The SMILES string of the molecule is C#CC[C@@H](C)OC(=O)[C@@H]1[C@@H](C)C[C@]2(C)C[C@H]1C(=O)O2. The summed E-state index contributed by atoms with van der Waals surface area (Å²) in [4.78, 5) is 24.1. The third kappa shape index (κ3) is 2.60. The first-order chi connectivity index (χ1) is 8.86. The molecule has 0 N–H and O–H groups in total. The number of esters is 2. The minimum Gasteiger partial charge on any atom is -0.461 e. The highest BCUT2D eigenvalue weighted by molar-refractivity contribution is 5.84. The zero-order valence-corrected chi connectivity index (χ0v) is 11.6. The van der Waals surface area contributed by atoms with Crippen LogP contribution in [0.3, 0.4) is 0 Å². The van der Waals surface area contributed by atoms with Crippen LogP contribution in [-0.2, 0) is 19.1 Å². The second-order valence-corrected chi connectivity index (χ2v) is 6.04. The largest absolute Gasteiger partial charge is 0.461 e. The van der Waals surface area contributed by atoms with Crippen LogP contribution >= 0.6 is 0 Å². The second-order valence-electron chi connectivity index (χ2n) is 6.04. The molecule has 0 spiro atoms. The van der Waals surface area contributed by atoms with Gasteiger partial charge in [-0.25, -0.2) is 0 Å². The Morgan fingerprint density at radius 3 is 2.95 bits per heavy atom. The van der Waals surface area contributed by atoms with Gasteiger partial charge in [-0.3, -0.25) is 9.59 Å². The van der Waals surface area contributed by atoms with Crippen molar-refractivity contribution in [1.29, 1.82) is 0 Å². The van der Waals surface area contributed by atoms with Gasteiger partial charge in [0.25, 0.3) is 0 Å². The monoisotopic (exact) mass is 264 g/mol. The molecule has 2 rings (SSSR count). The van der Waals surface area contributed by atoms with Crippen LogP contribution in [0.5, 0.6) is 0 Å². The van der Waals surface area contributed by atoms with E-state index in [1.807, 2.05) is 13.8 Å². The van der Waals surface area contributed by atoms with Crippen LogP contribution in [0.25, 0.3) is 0 Å². The molecular weight excluding hydrogens is 244 g/mol. The number of fused-ring (bicyclic) bond motifs is 2. The van der Waals surface area contributed by atoms with Gasteiger partial charge in [-0.1, -0.05) is 6.92 Å². The maximum absolute atomic E-state index is 12.2. The molecule has 1 saturated heterocycles. The molecule has 1 aliphatic carbocycles. The molecule has 4 nitrogen and oxygen atoms in total. The van der Waals surface area contributed by atoms with E-state index in [1.165, 1.54) is 0 Å². The fourth-order valence-electron chi connectivity index (χ4n) is 3.39. The van der Waals surface area contributed by atoms with Crippen molar-refractivity contribution in [2.45, 2.75) is 51.7 Å². The Labute approximate surface area is 113 Å². The number of ether oxygens (including phenoxy) is 2. The zero-order valence-electron chi connectivity index (χ0n) is 11.6. The van der Waals surface area contributed by atoms with Crippen LogP contribution in [-0.4, -0.2) is 23.6 Å². The molecule has 1 saturated carbocycles. The predicted molar refractivity (Wildman–Crippen MR) is 68.9 cm³/mol. The molecule has 4 heteroatoms. The quantitative estimate of drug-likeness (QED) is 0.577. The van der Waals surface area contributed by atoms with E-state index >= 15 is 0 Å². The van der Waals surface area contributed by atoms with Crippen LogP contribution in [0.15, 0.2) is 0 Å². The van der Waals surface area contributed by atoms with Gasteiger partial charge in [0.05, 0.1) is 11.8 Å². The van der Waals surface area contributed by atoms with Crippen molar-refractivity contribution in [3.05, 3.63) is 0 Å². The summed E-state index contributed by atoms with van der Waals surface area (Å²) >= 11 is 0. The maximum atomic E-state index is 12.2. The van der Waals surface area contributed by atoms with E-state index in [1.54, 1.807) is 6.92 Å². The third-order valence-electron chi connectivity index (χ3n) is 4.10. The van der Waals surface area contributed by atoms with E-state index < -0.39 is 11.5 Å². The molecule has 0 unspecified atom stereocenters.